The van der Waals surface area contributed by atoms with Gasteiger partial charge in [-0.15, -0.1) is 10.8 Å². The number of amides is 1. The summed E-state index contributed by atoms with van der Waals surface area (Å²) in [6.45, 7) is 0.692. The van der Waals surface area contributed by atoms with Gasteiger partial charge in [-0.1, -0.05) is 36.4 Å². The van der Waals surface area contributed by atoms with Crippen molar-refractivity contribution >= 4 is 28.3 Å². The van der Waals surface area contributed by atoms with Crippen molar-refractivity contribution in [1.82, 2.24) is 4.31 Å². The Hall–Kier alpha value is -3.68. The molecule has 168 valence electrons. The van der Waals surface area contributed by atoms with Crippen molar-refractivity contribution in [3.63, 3.8) is 0 Å². The molecular weight excluding hydrogens is 442 g/mol. The molecule has 0 spiro atoms. The number of benzene rings is 3. The minimum Gasteiger partial charge on any atom is -0.478 e. The molecule has 0 atom stereocenters. The molecular formula is C24H21N3O5S. The monoisotopic (exact) mass is 463 g/mol. The maximum Gasteiger partial charge on any atom is 0.337 e. The molecule has 9 heteroatoms. The van der Waals surface area contributed by atoms with Gasteiger partial charge in [0.25, 0.3) is 5.91 Å². The number of carbonyl (C=O) groups excluding carboxylic acids is 1. The molecule has 4 rings (SSSR count). The van der Waals surface area contributed by atoms with E-state index in [4.69, 9.17) is 5.26 Å². The molecule has 1 aliphatic rings. The van der Waals surface area contributed by atoms with Crippen LogP contribution in [0.3, 0.4) is 0 Å². The van der Waals surface area contributed by atoms with Gasteiger partial charge in [0.1, 0.15) is 0 Å². The van der Waals surface area contributed by atoms with E-state index in [9.17, 15) is 23.8 Å². The van der Waals surface area contributed by atoms with Crippen LogP contribution in [0.5, 0.6) is 0 Å². The summed E-state index contributed by atoms with van der Waals surface area (Å²) in [5.41, 5.74) is 1.71. The average molecular weight is 464 g/mol. The van der Waals surface area contributed by atoms with Crippen LogP contribution < -0.4 is 5.32 Å². The van der Waals surface area contributed by atoms with Crippen molar-refractivity contribution < 1.29 is 23.8 Å². The number of fused-ring (bicyclic) bond motifs is 1. The van der Waals surface area contributed by atoms with Gasteiger partial charge in [-0.05, 0) is 47.9 Å². The van der Waals surface area contributed by atoms with Gasteiger partial charge >= 0.3 is 5.97 Å². The molecule has 0 saturated heterocycles. The number of hydrogen-bond acceptors (Lipinski definition) is 6. The van der Waals surface area contributed by atoms with Gasteiger partial charge in [0.2, 0.25) is 0 Å². The van der Waals surface area contributed by atoms with Gasteiger partial charge in [0, 0.05) is 18.7 Å². The van der Waals surface area contributed by atoms with E-state index in [1.54, 1.807) is 22.5 Å². The lowest BCUT2D eigenvalue weighted by molar-refractivity contribution is 0.0698. The van der Waals surface area contributed by atoms with Crippen LogP contribution in [0, 0.1) is 11.3 Å². The molecule has 4 N–H and O–H groups in total. The van der Waals surface area contributed by atoms with Crippen LogP contribution in [0.15, 0.2) is 71.6 Å². The number of anilines is 1. The van der Waals surface area contributed by atoms with Crippen LogP contribution in [0.2, 0.25) is 0 Å². The summed E-state index contributed by atoms with van der Waals surface area (Å²) in [6, 6.07) is 20.1. The highest BCUT2D eigenvalue weighted by Crippen LogP contribution is 2.56. The summed E-state index contributed by atoms with van der Waals surface area (Å²) < 4.78 is 23.7. The first kappa shape index (κ1) is 22.5. The highest BCUT2D eigenvalue weighted by molar-refractivity contribution is 8.22. The van der Waals surface area contributed by atoms with Gasteiger partial charge < -0.3 is 10.4 Å². The van der Waals surface area contributed by atoms with Crippen molar-refractivity contribution in [2.75, 3.05) is 11.9 Å². The molecule has 1 aliphatic heterocycles. The Morgan fingerprint density at radius 2 is 1.79 bits per heavy atom. The lowest BCUT2D eigenvalue weighted by atomic mass is 10.0. The van der Waals surface area contributed by atoms with Gasteiger partial charge in [0.15, 0.2) is 0 Å². The molecule has 1 amide bonds. The SMILES string of the molecule is N#Cc1ccc(NC(=O)c2cccc3c2CCN(Cc2ccccc2)S3(O)O)c(C(=O)O)c1. The number of hydrogen-bond donors (Lipinski definition) is 4. The molecule has 33 heavy (non-hydrogen) atoms. The normalized spacial score (nSPS) is 15.7. The smallest absolute Gasteiger partial charge is 0.337 e. The molecule has 0 saturated carbocycles. The van der Waals surface area contributed by atoms with Crippen molar-refractivity contribution in [2.24, 2.45) is 0 Å². The fraction of sp³-hybridized carbons (Fsp3) is 0.125. The molecule has 8 nitrogen and oxygen atoms in total. The molecule has 0 aromatic heterocycles. The lowest BCUT2D eigenvalue weighted by Gasteiger charge is -2.47. The largest absolute Gasteiger partial charge is 0.478 e. The minimum absolute atomic E-state index is 0.0530. The first-order valence-corrected chi connectivity index (χ1v) is 11.6. The topological polar surface area (TPSA) is 134 Å². The van der Waals surface area contributed by atoms with Crippen molar-refractivity contribution in [3.05, 3.63) is 94.5 Å². The summed E-state index contributed by atoms with van der Waals surface area (Å²) in [5, 5.41) is 21.1. The number of carboxylic acids is 1. The first-order chi connectivity index (χ1) is 15.8. The van der Waals surface area contributed by atoms with E-state index in [1.807, 2.05) is 36.4 Å². The minimum atomic E-state index is -3.32. The summed E-state index contributed by atoms with van der Waals surface area (Å²) >= 11 is 0. The highest BCUT2D eigenvalue weighted by atomic mass is 32.3. The predicted octanol–water partition coefficient (Wildman–Crippen LogP) is 4.59. The Kier molecular flexibility index (Phi) is 6.18. The number of carbonyl (C=O) groups is 2. The number of aromatic carboxylic acids is 1. The zero-order chi connectivity index (χ0) is 23.6. The van der Waals surface area contributed by atoms with E-state index >= 15 is 0 Å². The van der Waals surface area contributed by atoms with Gasteiger partial charge in [-0.2, -0.15) is 9.57 Å². The Balaban J connectivity index is 1.64. The highest BCUT2D eigenvalue weighted by Gasteiger charge is 2.34. The van der Waals surface area contributed by atoms with E-state index in [0.29, 0.717) is 25.1 Å². The van der Waals surface area contributed by atoms with Gasteiger partial charge in [-0.25, -0.2) is 4.79 Å². The van der Waals surface area contributed by atoms with Crippen molar-refractivity contribution in [2.45, 2.75) is 17.9 Å². The molecule has 0 fully saturated rings. The van der Waals surface area contributed by atoms with Crippen LogP contribution in [0.4, 0.5) is 5.69 Å². The maximum absolute atomic E-state index is 13.1. The molecule has 3 aromatic carbocycles. The summed E-state index contributed by atoms with van der Waals surface area (Å²) in [7, 11) is -3.32. The van der Waals surface area contributed by atoms with E-state index in [1.165, 1.54) is 18.2 Å². The van der Waals surface area contributed by atoms with Gasteiger partial charge in [-0.3, -0.25) is 13.9 Å². The van der Waals surface area contributed by atoms with Crippen LogP contribution in [0.1, 0.15) is 37.4 Å². The fourth-order valence-corrected chi connectivity index (χ4v) is 5.60. The Bertz CT molecular complexity index is 1270. The van der Waals surface area contributed by atoms with E-state index in [2.05, 4.69) is 5.32 Å². The van der Waals surface area contributed by atoms with E-state index < -0.39 is 22.7 Å². The second kappa shape index (κ2) is 9.05. The zero-order valence-electron chi connectivity index (χ0n) is 17.4. The third-order valence-corrected chi connectivity index (χ3v) is 7.48. The third-order valence-electron chi connectivity index (χ3n) is 5.47. The number of nitrogens with one attached hydrogen (secondary N) is 1. The van der Waals surface area contributed by atoms with Crippen molar-refractivity contribution in [1.29, 1.82) is 5.26 Å². The van der Waals surface area contributed by atoms with Crippen LogP contribution in [-0.4, -0.2) is 36.9 Å². The van der Waals surface area contributed by atoms with Crippen molar-refractivity contribution in [3.8, 4) is 6.07 Å². The quantitative estimate of drug-likeness (QED) is 0.435. The van der Waals surface area contributed by atoms with Crippen LogP contribution in [-0.2, 0) is 13.0 Å². The van der Waals surface area contributed by atoms with E-state index in [-0.39, 0.29) is 27.3 Å². The molecule has 1 heterocycles. The standard InChI is InChI=1S/C24H21N3O5S/c25-14-17-9-10-21(20(13-17)24(29)30)26-23(28)19-7-4-8-22-18(19)11-12-27(33(22,31)32)15-16-5-2-1-3-6-16/h1-10,13,31-32H,11-12,15H2,(H,26,28)(H,29,30). The average Bonchev–Trinajstić information content (AvgIpc) is 2.81. The summed E-state index contributed by atoms with van der Waals surface area (Å²) in [5.74, 6) is -1.84. The second-order valence-corrected chi connectivity index (χ2v) is 9.53. The number of carboxylic acid groups (broad SMARTS) is 1. The van der Waals surface area contributed by atoms with Gasteiger partial charge in [0.05, 0.1) is 27.8 Å². The van der Waals surface area contributed by atoms with Crippen LogP contribution >= 0.6 is 10.8 Å². The fourth-order valence-electron chi connectivity index (χ4n) is 3.84. The lowest BCUT2D eigenvalue weighted by Crippen LogP contribution is -2.35. The Morgan fingerprint density at radius 3 is 2.48 bits per heavy atom. The molecule has 0 radical (unpaired) electrons. The Morgan fingerprint density at radius 1 is 1.03 bits per heavy atom. The van der Waals surface area contributed by atoms with E-state index in [0.717, 1.165) is 5.56 Å². The second-order valence-electron chi connectivity index (χ2n) is 7.53. The molecule has 3 aromatic rings. The number of nitrogens with zero attached hydrogens (tertiary/aromatic N) is 2. The zero-order valence-corrected chi connectivity index (χ0v) is 18.2. The molecule has 0 bridgehead atoms. The third kappa shape index (κ3) is 4.46. The molecule has 0 unspecified atom stereocenters. The Labute approximate surface area is 192 Å². The molecule has 0 aliphatic carbocycles. The number of nitriles is 1. The predicted molar refractivity (Wildman–Crippen MR) is 124 cm³/mol. The van der Waals surface area contributed by atoms with Crippen LogP contribution in [0.25, 0.3) is 0 Å². The first-order valence-electron chi connectivity index (χ1n) is 10.1. The summed E-state index contributed by atoms with van der Waals surface area (Å²) in [4.78, 5) is 24.9. The maximum atomic E-state index is 13.1. The summed E-state index contributed by atoms with van der Waals surface area (Å²) in [6.07, 6.45) is 0.417. The number of rotatable bonds is 5.